The molecule has 0 aliphatic rings. The fraction of sp³-hybridized carbons (Fsp3) is 0.375. The quantitative estimate of drug-likeness (QED) is 0.792. The summed E-state index contributed by atoms with van der Waals surface area (Å²) in [5, 5.41) is 3.37. The van der Waals surface area contributed by atoms with Crippen molar-refractivity contribution in [3.05, 3.63) is 47.3 Å². The van der Waals surface area contributed by atoms with Crippen molar-refractivity contribution in [1.82, 2.24) is 9.97 Å². The van der Waals surface area contributed by atoms with Crippen LogP contribution in [0.3, 0.4) is 0 Å². The Morgan fingerprint density at radius 1 is 1.15 bits per heavy atom. The number of nitrogen functional groups attached to an aromatic ring is 1. The minimum atomic E-state index is 0.572. The number of hydrogen-bond donors (Lipinski definition) is 2. The van der Waals surface area contributed by atoms with Crippen LogP contribution in [-0.4, -0.2) is 16.5 Å². The van der Waals surface area contributed by atoms with E-state index in [0.29, 0.717) is 5.82 Å². The van der Waals surface area contributed by atoms with E-state index in [0.717, 1.165) is 43.0 Å². The van der Waals surface area contributed by atoms with Gasteiger partial charge >= 0.3 is 0 Å². The van der Waals surface area contributed by atoms with Crippen LogP contribution in [0.25, 0.3) is 0 Å². The molecule has 0 bridgehead atoms. The summed E-state index contributed by atoms with van der Waals surface area (Å²) in [4.78, 5) is 8.75. The maximum Gasteiger partial charge on any atom is 0.134 e. The maximum absolute atomic E-state index is 5.90. The van der Waals surface area contributed by atoms with Crippen LogP contribution < -0.4 is 11.1 Å². The first-order valence-electron chi connectivity index (χ1n) is 7.11. The van der Waals surface area contributed by atoms with Gasteiger partial charge in [-0.3, -0.25) is 0 Å². The SMILES string of the molecule is CCc1nc(N)c(C)c(NCCCc2ccccc2)n1. The Bertz CT molecular complexity index is 552. The molecular formula is C16H22N4. The molecule has 4 heteroatoms. The molecule has 2 aromatic rings. The second kappa shape index (κ2) is 6.89. The van der Waals surface area contributed by atoms with Crippen LogP contribution in [0.2, 0.25) is 0 Å². The molecule has 20 heavy (non-hydrogen) atoms. The first kappa shape index (κ1) is 14.3. The van der Waals surface area contributed by atoms with Crippen molar-refractivity contribution in [2.24, 2.45) is 0 Å². The number of nitrogens with two attached hydrogens (primary N) is 1. The molecule has 0 radical (unpaired) electrons. The Kier molecular flexibility index (Phi) is 4.93. The molecule has 1 heterocycles. The van der Waals surface area contributed by atoms with Gasteiger partial charge in [0, 0.05) is 18.5 Å². The molecule has 0 spiro atoms. The van der Waals surface area contributed by atoms with Crippen LogP contribution in [0.4, 0.5) is 11.6 Å². The maximum atomic E-state index is 5.90. The highest BCUT2D eigenvalue weighted by Crippen LogP contribution is 2.17. The van der Waals surface area contributed by atoms with Gasteiger partial charge in [0.25, 0.3) is 0 Å². The number of nitrogens with zero attached hydrogens (tertiary/aromatic N) is 2. The largest absolute Gasteiger partial charge is 0.383 e. The molecule has 0 amide bonds. The Balaban J connectivity index is 1.89. The lowest BCUT2D eigenvalue weighted by molar-refractivity contribution is 0.850. The van der Waals surface area contributed by atoms with Crippen molar-refractivity contribution in [1.29, 1.82) is 0 Å². The third-order valence-corrected chi connectivity index (χ3v) is 3.32. The molecule has 3 N–H and O–H groups in total. The number of nitrogens with one attached hydrogen (secondary N) is 1. The number of aromatic nitrogens is 2. The monoisotopic (exact) mass is 270 g/mol. The molecule has 0 unspecified atom stereocenters. The van der Waals surface area contributed by atoms with Gasteiger partial charge in [0.2, 0.25) is 0 Å². The van der Waals surface area contributed by atoms with Crippen molar-refractivity contribution in [2.75, 3.05) is 17.6 Å². The van der Waals surface area contributed by atoms with Gasteiger partial charge in [-0.25, -0.2) is 9.97 Å². The van der Waals surface area contributed by atoms with Crippen LogP contribution in [0, 0.1) is 6.92 Å². The Labute approximate surface area is 120 Å². The molecule has 0 saturated heterocycles. The van der Waals surface area contributed by atoms with E-state index >= 15 is 0 Å². The van der Waals surface area contributed by atoms with Gasteiger partial charge in [-0.2, -0.15) is 0 Å². The summed E-state index contributed by atoms with van der Waals surface area (Å²) < 4.78 is 0. The van der Waals surface area contributed by atoms with Gasteiger partial charge in [0.05, 0.1) is 0 Å². The van der Waals surface area contributed by atoms with Crippen molar-refractivity contribution in [3.8, 4) is 0 Å². The number of hydrogen-bond acceptors (Lipinski definition) is 4. The first-order chi connectivity index (χ1) is 9.70. The molecule has 1 aromatic heterocycles. The van der Waals surface area contributed by atoms with E-state index in [1.54, 1.807) is 0 Å². The molecule has 0 atom stereocenters. The first-order valence-corrected chi connectivity index (χ1v) is 7.11. The zero-order chi connectivity index (χ0) is 14.4. The molecule has 0 fully saturated rings. The van der Waals surface area contributed by atoms with E-state index in [-0.39, 0.29) is 0 Å². The Morgan fingerprint density at radius 2 is 1.90 bits per heavy atom. The standard InChI is InChI=1S/C16H22N4/c1-3-14-19-15(17)12(2)16(20-14)18-11-7-10-13-8-5-4-6-9-13/h4-6,8-9H,3,7,10-11H2,1-2H3,(H3,17,18,19,20). The Hall–Kier alpha value is -2.10. The summed E-state index contributed by atoms with van der Waals surface area (Å²) in [7, 11) is 0. The van der Waals surface area contributed by atoms with Crippen molar-refractivity contribution < 1.29 is 0 Å². The highest BCUT2D eigenvalue weighted by molar-refractivity contribution is 5.54. The van der Waals surface area contributed by atoms with Crippen LogP contribution in [0.15, 0.2) is 30.3 Å². The summed E-state index contributed by atoms with van der Waals surface area (Å²) in [5.74, 6) is 2.23. The average molecular weight is 270 g/mol. The van der Waals surface area contributed by atoms with Crippen molar-refractivity contribution in [3.63, 3.8) is 0 Å². The van der Waals surface area contributed by atoms with E-state index in [4.69, 9.17) is 5.73 Å². The van der Waals surface area contributed by atoms with Gasteiger partial charge in [-0.15, -0.1) is 0 Å². The van der Waals surface area contributed by atoms with E-state index in [1.165, 1.54) is 5.56 Å². The van der Waals surface area contributed by atoms with Crippen LogP contribution >= 0.6 is 0 Å². The number of benzene rings is 1. The second-order valence-corrected chi connectivity index (χ2v) is 4.87. The average Bonchev–Trinajstić information content (AvgIpc) is 2.48. The second-order valence-electron chi connectivity index (χ2n) is 4.87. The van der Waals surface area contributed by atoms with Crippen LogP contribution in [0.5, 0.6) is 0 Å². The van der Waals surface area contributed by atoms with E-state index in [1.807, 2.05) is 19.9 Å². The van der Waals surface area contributed by atoms with Gasteiger partial charge in [0.15, 0.2) is 0 Å². The third kappa shape index (κ3) is 3.70. The normalized spacial score (nSPS) is 10.5. The number of rotatable bonds is 6. The van der Waals surface area contributed by atoms with Crippen molar-refractivity contribution >= 4 is 11.6 Å². The molecule has 0 saturated carbocycles. The van der Waals surface area contributed by atoms with Crippen LogP contribution in [0.1, 0.15) is 30.3 Å². The summed E-state index contributed by atoms with van der Waals surface area (Å²) >= 11 is 0. The molecule has 106 valence electrons. The zero-order valence-corrected chi connectivity index (χ0v) is 12.2. The third-order valence-electron chi connectivity index (χ3n) is 3.32. The summed E-state index contributed by atoms with van der Waals surface area (Å²) in [6.45, 7) is 4.87. The summed E-state index contributed by atoms with van der Waals surface area (Å²) in [5.41, 5.74) is 8.20. The Morgan fingerprint density at radius 3 is 2.60 bits per heavy atom. The van der Waals surface area contributed by atoms with Gasteiger partial charge in [-0.1, -0.05) is 37.3 Å². The van der Waals surface area contributed by atoms with E-state index in [9.17, 15) is 0 Å². The lowest BCUT2D eigenvalue weighted by atomic mass is 10.1. The number of anilines is 2. The molecular weight excluding hydrogens is 248 g/mol. The highest BCUT2D eigenvalue weighted by atomic mass is 15.1. The predicted octanol–water partition coefficient (Wildman–Crippen LogP) is 2.97. The minimum absolute atomic E-state index is 0.572. The van der Waals surface area contributed by atoms with Gasteiger partial charge in [0.1, 0.15) is 17.5 Å². The van der Waals surface area contributed by atoms with Gasteiger partial charge in [-0.05, 0) is 25.3 Å². The molecule has 4 nitrogen and oxygen atoms in total. The summed E-state index contributed by atoms with van der Waals surface area (Å²) in [6, 6.07) is 10.5. The predicted molar refractivity (Wildman–Crippen MR) is 83.8 cm³/mol. The van der Waals surface area contributed by atoms with Crippen molar-refractivity contribution in [2.45, 2.75) is 33.1 Å². The topological polar surface area (TPSA) is 63.8 Å². The van der Waals surface area contributed by atoms with Crippen LogP contribution in [-0.2, 0) is 12.8 Å². The molecule has 0 aliphatic carbocycles. The molecule has 0 aliphatic heterocycles. The fourth-order valence-corrected chi connectivity index (χ4v) is 2.06. The fourth-order valence-electron chi connectivity index (χ4n) is 2.06. The van der Waals surface area contributed by atoms with E-state index in [2.05, 4.69) is 39.6 Å². The minimum Gasteiger partial charge on any atom is -0.383 e. The van der Waals surface area contributed by atoms with Gasteiger partial charge < -0.3 is 11.1 Å². The zero-order valence-electron chi connectivity index (χ0n) is 12.2. The smallest absolute Gasteiger partial charge is 0.134 e. The lowest BCUT2D eigenvalue weighted by Crippen LogP contribution is -2.10. The molecule has 1 aromatic carbocycles. The number of aryl methyl sites for hydroxylation is 2. The highest BCUT2D eigenvalue weighted by Gasteiger charge is 2.07. The lowest BCUT2D eigenvalue weighted by Gasteiger charge is -2.11. The van der Waals surface area contributed by atoms with E-state index < -0.39 is 0 Å². The molecule has 2 rings (SSSR count). The summed E-state index contributed by atoms with van der Waals surface area (Å²) in [6.07, 6.45) is 2.92.